The zero-order valence-corrected chi connectivity index (χ0v) is 31.7. The summed E-state index contributed by atoms with van der Waals surface area (Å²) in [5.74, 6) is 0.736. The first kappa shape index (κ1) is 38.0. The van der Waals surface area contributed by atoms with Gasteiger partial charge < -0.3 is 19.3 Å². The second kappa shape index (κ2) is 16.4. The maximum atomic E-state index is 13.7. The van der Waals surface area contributed by atoms with Gasteiger partial charge in [-0.2, -0.15) is 4.68 Å². The van der Waals surface area contributed by atoms with Crippen LogP contribution in [0.2, 0.25) is 0 Å². The van der Waals surface area contributed by atoms with Gasteiger partial charge in [0, 0.05) is 56.9 Å². The Morgan fingerprint density at radius 2 is 1.30 bits per heavy atom. The average Bonchev–Trinajstić information content (AvgIpc) is 3.71. The molecule has 0 atom stereocenters. The minimum absolute atomic E-state index is 0.0740. The third-order valence-electron chi connectivity index (χ3n) is 9.94. The van der Waals surface area contributed by atoms with Gasteiger partial charge in [0.15, 0.2) is 5.78 Å². The van der Waals surface area contributed by atoms with Crippen LogP contribution in [0.4, 0.5) is 4.79 Å². The van der Waals surface area contributed by atoms with Gasteiger partial charge in [0.2, 0.25) is 11.8 Å². The smallest absolute Gasteiger partial charge is 0.435 e. The Bertz CT molecular complexity index is 1470. The lowest BCUT2D eigenvalue weighted by Gasteiger charge is -2.35. The van der Waals surface area contributed by atoms with Crippen LogP contribution >= 0.6 is 0 Å². The normalized spacial score (nSPS) is 18.4. The lowest BCUT2D eigenvalue weighted by Crippen LogP contribution is -2.49. The molecular weight excluding hydrogens is 632 g/mol. The van der Waals surface area contributed by atoms with Crippen LogP contribution in [-0.4, -0.2) is 131 Å². The van der Waals surface area contributed by atoms with Crippen LogP contribution in [0.15, 0.2) is 18.2 Å². The van der Waals surface area contributed by atoms with Gasteiger partial charge in [-0.25, -0.2) is 4.79 Å². The largest absolute Gasteiger partial charge is 0.475 e. The highest BCUT2D eigenvalue weighted by molar-refractivity contribution is 5.83. The maximum absolute atomic E-state index is 13.7. The number of piperazine rings is 1. The topological polar surface area (TPSA) is 100 Å². The Morgan fingerprint density at radius 1 is 0.740 bits per heavy atom. The number of ether oxygens (including phenoxy) is 2. The van der Waals surface area contributed by atoms with E-state index in [9.17, 15) is 14.4 Å². The SMILES string of the molecule is Cc1cc(C)cc(-c2c(CCN3CCN(CC(=O)CN4CCCCC4)CC3)c(OCC(C)(C)C(=O)N3CCCC3)nn2C(=O)OC(C)(C)C)c1. The van der Waals surface area contributed by atoms with E-state index in [0.29, 0.717) is 36.9 Å². The van der Waals surface area contributed by atoms with Crippen molar-refractivity contribution >= 4 is 17.8 Å². The Kier molecular flexibility index (Phi) is 12.4. The number of nitrogens with zero attached hydrogens (tertiary/aromatic N) is 6. The molecule has 3 aliphatic rings. The van der Waals surface area contributed by atoms with E-state index in [4.69, 9.17) is 14.6 Å². The van der Waals surface area contributed by atoms with Crippen LogP contribution in [0.5, 0.6) is 5.88 Å². The van der Waals surface area contributed by atoms with Crippen molar-refractivity contribution < 1.29 is 23.9 Å². The third kappa shape index (κ3) is 10.2. The van der Waals surface area contributed by atoms with E-state index in [2.05, 4.69) is 32.9 Å². The molecule has 0 N–H and O–H groups in total. The first-order valence-corrected chi connectivity index (χ1v) is 18.7. The number of benzene rings is 1. The summed E-state index contributed by atoms with van der Waals surface area (Å²) < 4.78 is 13.7. The zero-order chi connectivity index (χ0) is 36.1. The minimum Gasteiger partial charge on any atom is -0.475 e. The number of ketones is 1. The predicted octanol–water partition coefficient (Wildman–Crippen LogP) is 5.19. The van der Waals surface area contributed by atoms with E-state index in [1.54, 1.807) is 0 Å². The summed E-state index contributed by atoms with van der Waals surface area (Å²) in [6.45, 7) is 22.4. The standard InChI is InChI=1S/C39H60N6O5/c1-29-23-30(2)25-31(24-29)34-33(13-18-41-19-21-43(22-20-41)27-32(46)26-42-14-9-8-10-15-42)35(40-45(34)37(48)50-38(3,4)5)49-28-39(6,7)36(47)44-16-11-12-17-44/h23-25H,8-22,26-28H2,1-7H3. The quantitative estimate of drug-likeness (QED) is 0.298. The number of piperidine rings is 1. The third-order valence-corrected chi connectivity index (χ3v) is 9.94. The molecule has 1 amide bonds. The van der Waals surface area contributed by atoms with Crippen LogP contribution in [0.25, 0.3) is 11.3 Å². The van der Waals surface area contributed by atoms with E-state index in [0.717, 1.165) is 94.0 Å². The molecule has 3 aliphatic heterocycles. The number of hydrogen-bond acceptors (Lipinski definition) is 9. The summed E-state index contributed by atoms with van der Waals surface area (Å²) in [5.41, 5.74) is 3.02. The van der Waals surface area contributed by atoms with Crippen molar-refractivity contribution in [3.05, 3.63) is 34.9 Å². The van der Waals surface area contributed by atoms with Crippen molar-refractivity contribution in [1.82, 2.24) is 29.4 Å². The number of carbonyl (C=O) groups excluding carboxylic acids is 3. The van der Waals surface area contributed by atoms with Crippen molar-refractivity contribution in [2.45, 2.75) is 92.6 Å². The van der Waals surface area contributed by atoms with E-state index in [1.807, 2.05) is 53.4 Å². The maximum Gasteiger partial charge on any atom is 0.435 e. The van der Waals surface area contributed by atoms with Crippen LogP contribution in [0.1, 0.15) is 83.4 Å². The molecule has 0 spiro atoms. The summed E-state index contributed by atoms with van der Waals surface area (Å²) >= 11 is 0. The number of carbonyl (C=O) groups is 3. The van der Waals surface area contributed by atoms with Gasteiger partial charge in [-0.15, -0.1) is 5.10 Å². The Morgan fingerprint density at radius 3 is 1.90 bits per heavy atom. The fraction of sp³-hybridized carbons (Fsp3) is 0.692. The summed E-state index contributed by atoms with van der Waals surface area (Å²) in [7, 11) is 0. The molecule has 1 aromatic heterocycles. The van der Waals surface area contributed by atoms with Crippen molar-refractivity contribution in [2.24, 2.45) is 5.41 Å². The van der Waals surface area contributed by atoms with Gasteiger partial charge in [0.25, 0.3) is 0 Å². The van der Waals surface area contributed by atoms with Crippen LogP contribution in [-0.2, 0) is 20.7 Å². The molecule has 5 rings (SSSR count). The minimum atomic E-state index is -0.765. The average molecular weight is 693 g/mol. The Hall–Kier alpha value is -3.28. The molecule has 50 heavy (non-hydrogen) atoms. The molecule has 0 unspecified atom stereocenters. The molecule has 3 saturated heterocycles. The van der Waals surface area contributed by atoms with Crippen LogP contribution in [0.3, 0.4) is 0 Å². The second-order valence-corrected chi connectivity index (χ2v) is 16.3. The first-order valence-electron chi connectivity index (χ1n) is 18.7. The number of hydrogen-bond donors (Lipinski definition) is 0. The van der Waals surface area contributed by atoms with Gasteiger partial charge in [-0.3, -0.25) is 19.4 Å². The molecule has 0 bridgehead atoms. The van der Waals surface area contributed by atoms with Gasteiger partial charge in [0.1, 0.15) is 12.2 Å². The monoisotopic (exact) mass is 692 g/mol. The number of rotatable bonds is 12. The number of aromatic nitrogens is 2. The first-order chi connectivity index (χ1) is 23.7. The molecule has 11 nitrogen and oxygen atoms in total. The van der Waals surface area contributed by atoms with Crippen molar-refractivity contribution in [2.75, 3.05) is 78.6 Å². The molecular formula is C39H60N6O5. The number of amides is 1. The Balaban J connectivity index is 1.36. The summed E-state index contributed by atoms with van der Waals surface area (Å²) in [6.07, 6.45) is 5.72. The van der Waals surface area contributed by atoms with E-state index < -0.39 is 17.1 Å². The molecule has 2 aromatic rings. The van der Waals surface area contributed by atoms with E-state index >= 15 is 0 Å². The molecule has 3 fully saturated rings. The Labute approximate surface area is 299 Å². The highest BCUT2D eigenvalue weighted by Gasteiger charge is 2.36. The number of Topliss-reactive ketones (excluding diaryl/α,β-unsaturated/α-hetero) is 1. The van der Waals surface area contributed by atoms with Crippen molar-refractivity contribution in [3.8, 4) is 17.1 Å². The van der Waals surface area contributed by atoms with Gasteiger partial charge in [0.05, 0.1) is 24.2 Å². The predicted molar refractivity (Wildman–Crippen MR) is 196 cm³/mol. The molecule has 4 heterocycles. The zero-order valence-electron chi connectivity index (χ0n) is 31.7. The number of likely N-dealkylation sites (tertiary alicyclic amines) is 2. The summed E-state index contributed by atoms with van der Waals surface area (Å²) in [4.78, 5) is 48.9. The van der Waals surface area contributed by atoms with Crippen molar-refractivity contribution in [3.63, 3.8) is 0 Å². The van der Waals surface area contributed by atoms with E-state index in [-0.39, 0.29) is 12.5 Å². The molecule has 1 aromatic carbocycles. The second-order valence-electron chi connectivity index (χ2n) is 16.3. The summed E-state index contributed by atoms with van der Waals surface area (Å²) in [6, 6.07) is 6.25. The van der Waals surface area contributed by atoms with Gasteiger partial charge in [-0.05, 0) is 106 Å². The fourth-order valence-corrected chi connectivity index (χ4v) is 7.38. The summed E-state index contributed by atoms with van der Waals surface area (Å²) in [5, 5.41) is 4.77. The fourth-order valence-electron chi connectivity index (χ4n) is 7.38. The number of aryl methyl sites for hydroxylation is 2. The lowest BCUT2D eigenvalue weighted by molar-refractivity contribution is -0.140. The van der Waals surface area contributed by atoms with Gasteiger partial charge in [-0.1, -0.05) is 23.6 Å². The molecule has 0 aliphatic carbocycles. The van der Waals surface area contributed by atoms with Crippen molar-refractivity contribution in [1.29, 1.82) is 0 Å². The van der Waals surface area contributed by atoms with E-state index in [1.165, 1.54) is 23.9 Å². The molecule has 0 radical (unpaired) electrons. The molecule has 11 heteroatoms. The molecule has 276 valence electrons. The molecule has 0 saturated carbocycles. The lowest BCUT2D eigenvalue weighted by atomic mass is 9.93. The highest BCUT2D eigenvalue weighted by Crippen LogP contribution is 2.35. The van der Waals surface area contributed by atoms with Crippen LogP contribution in [0, 0.1) is 19.3 Å². The van der Waals surface area contributed by atoms with Gasteiger partial charge >= 0.3 is 6.09 Å². The van der Waals surface area contributed by atoms with Crippen LogP contribution < -0.4 is 4.74 Å². The highest BCUT2D eigenvalue weighted by atomic mass is 16.6.